The van der Waals surface area contributed by atoms with Crippen LogP contribution in [-0.2, 0) is 4.74 Å². The fourth-order valence-corrected chi connectivity index (χ4v) is 1.99. The molecule has 7 nitrogen and oxygen atoms in total. The Bertz CT molecular complexity index is 453. The molecular formula is C11H14BrN2O5-. The van der Waals surface area contributed by atoms with Crippen LogP contribution in [0, 0.1) is 5.21 Å². The van der Waals surface area contributed by atoms with Crippen LogP contribution >= 0.6 is 15.9 Å². The highest BCUT2D eigenvalue weighted by atomic mass is 79.9. The second kappa shape index (κ2) is 7.29. The normalized spacial score (nSPS) is 10.3. The number of nitrogens with two attached hydrogens (primary N) is 1. The van der Waals surface area contributed by atoms with Crippen LogP contribution < -0.4 is 15.7 Å². The van der Waals surface area contributed by atoms with Crippen molar-refractivity contribution < 1.29 is 19.5 Å². The number of primary amides is 1. The van der Waals surface area contributed by atoms with Crippen LogP contribution in [0.5, 0.6) is 5.75 Å². The van der Waals surface area contributed by atoms with Gasteiger partial charge in [0, 0.05) is 30.2 Å². The molecular weight excluding hydrogens is 320 g/mol. The van der Waals surface area contributed by atoms with E-state index in [9.17, 15) is 10.0 Å². The van der Waals surface area contributed by atoms with E-state index in [1.165, 1.54) is 12.1 Å². The maximum atomic E-state index is 11.1. The lowest BCUT2D eigenvalue weighted by Gasteiger charge is -2.26. The van der Waals surface area contributed by atoms with E-state index in [1.807, 2.05) is 0 Å². The van der Waals surface area contributed by atoms with E-state index in [1.54, 1.807) is 7.11 Å². The topological polar surface area (TPSA) is 108 Å². The molecule has 0 saturated carbocycles. The summed E-state index contributed by atoms with van der Waals surface area (Å²) in [6.07, 6.45) is 0.596. The maximum absolute atomic E-state index is 11.1. The maximum Gasteiger partial charge on any atom is 0.248 e. The molecule has 0 fully saturated rings. The van der Waals surface area contributed by atoms with Gasteiger partial charge in [0.1, 0.15) is 11.4 Å². The number of amides is 1. The largest absolute Gasteiger partial charge is 0.733 e. The number of carbonyl (C=O) groups is 1. The second-order valence-corrected chi connectivity index (χ2v) is 4.49. The fourth-order valence-electron chi connectivity index (χ4n) is 1.40. The third-order valence-corrected chi connectivity index (χ3v) is 2.86. The minimum Gasteiger partial charge on any atom is -0.733 e. The molecule has 1 amide bonds. The van der Waals surface area contributed by atoms with E-state index < -0.39 is 5.91 Å². The minimum atomic E-state index is -0.663. The Kier molecular flexibility index (Phi) is 6.03. The molecule has 1 aromatic rings. The summed E-state index contributed by atoms with van der Waals surface area (Å²) in [7, 11) is 1.56. The van der Waals surface area contributed by atoms with Crippen molar-refractivity contribution in [2.75, 3.05) is 25.6 Å². The van der Waals surface area contributed by atoms with E-state index in [0.29, 0.717) is 13.0 Å². The van der Waals surface area contributed by atoms with Gasteiger partial charge in [0.2, 0.25) is 5.91 Å². The third-order valence-electron chi connectivity index (χ3n) is 2.25. The number of halogens is 1. The van der Waals surface area contributed by atoms with E-state index in [2.05, 4.69) is 15.9 Å². The summed E-state index contributed by atoms with van der Waals surface area (Å²) in [5.41, 5.74) is 5.21. The average molecular weight is 334 g/mol. The van der Waals surface area contributed by atoms with E-state index in [-0.39, 0.29) is 33.3 Å². The number of ether oxygens (including phenoxy) is 2. The van der Waals surface area contributed by atoms with Gasteiger partial charge >= 0.3 is 0 Å². The number of rotatable bonds is 7. The molecule has 1 rings (SSSR count). The van der Waals surface area contributed by atoms with Crippen LogP contribution in [0.25, 0.3) is 0 Å². The van der Waals surface area contributed by atoms with Gasteiger partial charge in [-0.15, -0.1) is 0 Å². The molecule has 0 radical (unpaired) electrons. The first kappa shape index (κ1) is 15.7. The van der Waals surface area contributed by atoms with Crippen LogP contribution in [0.3, 0.4) is 0 Å². The Morgan fingerprint density at radius 2 is 2.21 bits per heavy atom. The third kappa shape index (κ3) is 4.35. The molecule has 0 aromatic heterocycles. The van der Waals surface area contributed by atoms with Gasteiger partial charge in [-0.05, 0) is 28.1 Å². The summed E-state index contributed by atoms with van der Waals surface area (Å²) < 4.78 is 10.4. The van der Waals surface area contributed by atoms with E-state index in [0.717, 1.165) is 0 Å². The standard InChI is InChI=1S/C11H14BrN2O5/c1-18-3-2-4-19-9-6-7(11(13)15)5-8(12)10(9)14(16)17/h5-6,16H,2-4H2,1H3,(H2,13,15)/q-1. The highest BCUT2D eigenvalue weighted by Gasteiger charge is 2.14. The summed E-state index contributed by atoms with van der Waals surface area (Å²) >= 11 is 3.08. The smallest absolute Gasteiger partial charge is 0.248 e. The molecule has 0 aliphatic rings. The zero-order valence-electron chi connectivity index (χ0n) is 10.3. The number of carbonyl (C=O) groups excluding carboxylic acids is 1. The first-order valence-corrected chi connectivity index (χ1v) is 6.18. The number of benzene rings is 1. The monoisotopic (exact) mass is 333 g/mol. The molecule has 106 valence electrons. The van der Waals surface area contributed by atoms with E-state index >= 15 is 0 Å². The van der Waals surface area contributed by atoms with Crippen molar-refractivity contribution in [3.05, 3.63) is 27.4 Å². The molecule has 0 heterocycles. The van der Waals surface area contributed by atoms with Gasteiger partial charge in [-0.3, -0.25) is 10.0 Å². The molecule has 1 aromatic carbocycles. The van der Waals surface area contributed by atoms with Gasteiger partial charge in [0.15, 0.2) is 0 Å². The lowest BCUT2D eigenvalue weighted by molar-refractivity contribution is 0.0999. The van der Waals surface area contributed by atoms with Crippen molar-refractivity contribution in [2.45, 2.75) is 6.42 Å². The van der Waals surface area contributed by atoms with Crippen LogP contribution in [0.2, 0.25) is 0 Å². The van der Waals surface area contributed by atoms with Gasteiger partial charge in [-0.2, -0.15) is 0 Å². The highest BCUT2D eigenvalue weighted by Crippen LogP contribution is 2.36. The van der Waals surface area contributed by atoms with Crippen LogP contribution in [-0.4, -0.2) is 31.4 Å². The summed E-state index contributed by atoms with van der Waals surface area (Å²) in [5.74, 6) is -0.596. The molecule has 19 heavy (non-hydrogen) atoms. The molecule has 0 saturated heterocycles. The van der Waals surface area contributed by atoms with Crippen molar-refractivity contribution >= 4 is 27.5 Å². The number of nitrogens with zero attached hydrogens (tertiary/aromatic N) is 1. The molecule has 0 spiro atoms. The fraction of sp³-hybridized carbons (Fsp3) is 0.364. The van der Waals surface area contributed by atoms with Crippen LogP contribution in [0.15, 0.2) is 16.6 Å². The Labute approximate surface area is 118 Å². The summed E-state index contributed by atoms with van der Waals surface area (Å²) in [6.45, 7) is 0.759. The summed E-state index contributed by atoms with van der Waals surface area (Å²) in [4.78, 5) is 11.1. The lowest BCUT2D eigenvalue weighted by Crippen LogP contribution is -2.15. The highest BCUT2D eigenvalue weighted by molar-refractivity contribution is 9.10. The number of anilines is 1. The number of methoxy groups -OCH3 is 1. The Morgan fingerprint density at radius 3 is 2.74 bits per heavy atom. The molecule has 0 unspecified atom stereocenters. The quantitative estimate of drug-likeness (QED) is 0.580. The van der Waals surface area contributed by atoms with Gasteiger partial charge in [-0.25, -0.2) is 0 Å². The number of hydrogen-bond acceptors (Lipinski definition) is 6. The first-order valence-electron chi connectivity index (χ1n) is 5.38. The lowest BCUT2D eigenvalue weighted by atomic mass is 10.2. The van der Waals surface area contributed by atoms with Crippen molar-refractivity contribution in [1.82, 2.24) is 0 Å². The van der Waals surface area contributed by atoms with Gasteiger partial charge < -0.3 is 25.6 Å². The number of hydrogen-bond donors (Lipinski definition) is 2. The average Bonchev–Trinajstić information content (AvgIpc) is 2.33. The van der Waals surface area contributed by atoms with Gasteiger partial charge in [0.25, 0.3) is 0 Å². The van der Waals surface area contributed by atoms with Crippen molar-refractivity contribution in [1.29, 1.82) is 0 Å². The Balaban J connectivity index is 2.99. The minimum absolute atomic E-state index is 0.0665. The Morgan fingerprint density at radius 1 is 1.53 bits per heavy atom. The molecule has 0 bridgehead atoms. The predicted molar refractivity (Wildman–Crippen MR) is 72.3 cm³/mol. The first-order chi connectivity index (χ1) is 8.97. The zero-order valence-corrected chi connectivity index (χ0v) is 11.8. The zero-order chi connectivity index (χ0) is 14.4. The van der Waals surface area contributed by atoms with Crippen LogP contribution in [0.4, 0.5) is 5.69 Å². The second-order valence-electron chi connectivity index (χ2n) is 3.64. The van der Waals surface area contributed by atoms with Crippen molar-refractivity contribution in [3.8, 4) is 5.75 Å². The molecule has 0 aliphatic heterocycles. The predicted octanol–water partition coefficient (Wildman–Crippen LogP) is 1.66. The van der Waals surface area contributed by atoms with Crippen molar-refractivity contribution in [3.63, 3.8) is 0 Å². The van der Waals surface area contributed by atoms with Gasteiger partial charge in [0.05, 0.1) is 6.61 Å². The molecule has 0 aliphatic carbocycles. The SMILES string of the molecule is COCCCOc1cc(C(N)=O)cc(Br)c1N([O-])O. The Hall–Kier alpha value is -1.35. The summed E-state index contributed by atoms with van der Waals surface area (Å²) in [6, 6.07) is 2.64. The van der Waals surface area contributed by atoms with Gasteiger partial charge in [-0.1, -0.05) is 0 Å². The van der Waals surface area contributed by atoms with Crippen LogP contribution in [0.1, 0.15) is 16.8 Å². The molecule has 0 atom stereocenters. The molecule has 8 heteroatoms. The van der Waals surface area contributed by atoms with Crippen molar-refractivity contribution in [2.24, 2.45) is 5.73 Å². The van der Waals surface area contributed by atoms with E-state index in [4.69, 9.17) is 20.4 Å². The molecule has 3 N–H and O–H groups in total. The summed E-state index contributed by atoms with van der Waals surface area (Å²) in [5, 5.41) is 19.8.